The Kier molecular flexibility index (Phi) is 3.73. The fraction of sp³-hybridized carbons (Fsp3) is 0.333. The lowest BCUT2D eigenvalue weighted by molar-refractivity contribution is 0.687. The van der Waals surface area contributed by atoms with E-state index in [2.05, 4.69) is 48.0 Å². The number of nitrogens with one attached hydrogen (secondary N) is 1. The summed E-state index contributed by atoms with van der Waals surface area (Å²) in [6.07, 6.45) is 2.70. The van der Waals surface area contributed by atoms with Gasteiger partial charge in [-0.15, -0.1) is 11.3 Å². The molecule has 1 aliphatic carbocycles. The number of hydrogen-bond acceptors (Lipinski definition) is 3. The van der Waals surface area contributed by atoms with Gasteiger partial charge in [-0.2, -0.15) is 0 Å². The molecule has 0 unspecified atom stereocenters. The molecule has 0 saturated heterocycles. The van der Waals surface area contributed by atoms with Crippen LogP contribution in [-0.2, 0) is 6.54 Å². The zero-order chi connectivity index (χ0) is 12.4. The van der Waals surface area contributed by atoms with Gasteiger partial charge in [0.25, 0.3) is 0 Å². The first kappa shape index (κ1) is 12.3. The minimum absolute atomic E-state index is 0.783. The van der Waals surface area contributed by atoms with Gasteiger partial charge in [0, 0.05) is 17.5 Å². The van der Waals surface area contributed by atoms with Gasteiger partial charge in [0.1, 0.15) is 0 Å². The van der Waals surface area contributed by atoms with E-state index < -0.39 is 0 Å². The summed E-state index contributed by atoms with van der Waals surface area (Å²) in [5.74, 6) is 0. The molecule has 1 nitrogen and oxygen atoms in total. The van der Waals surface area contributed by atoms with Gasteiger partial charge in [0.15, 0.2) is 0 Å². The van der Waals surface area contributed by atoms with Crippen LogP contribution in [0.5, 0.6) is 0 Å². The Morgan fingerprint density at radius 1 is 1.33 bits per heavy atom. The highest BCUT2D eigenvalue weighted by atomic mass is 32.2. The van der Waals surface area contributed by atoms with E-state index in [4.69, 9.17) is 0 Å². The molecule has 1 fully saturated rings. The first-order valence-corrected chi connectivity index (χ1v) is 8.05. The third-order valence-electron chi connectivity index (χ3n) is 3.12. The second-order valence-electron chi connectivity index (χ2n) is 4.79. The van der Waals surface area contributed by atoms with Crippen molar-refractivity contribution in [3.05, 3.63) is 46.8 Å². The standard InChI is InChI=1S/C15H17NS2/c1-11-9-12(10-16-13-5-6-13)4-7-14(11)18-15-3-2-8-17-15/h2-4,7-9,13,16H,5-6,10H2,1H3. The van der Waals surface area contributed by atoms with Crippen LogP contribution in [0.3, 0.4) is 0 Å². The van der Waals surface area contributed by atoms with E-state index in [-0.39, 0.29) is 0 Å². The molecule has 3 rings (SSSR count). The van der Waals surface area contributed by atoms with Gasteiger partial charge in [-0.1, -0.05) is 30.0 Å². The van der Waals surface area contributed by atoms with Crippen LogP contribution < -0.4 is 5.32 Å². The van der Waals surface area contributed by atoms with Crippen molar-refractivity contribution in [3.8, 4) is 0 Å². The molecule has 1 saturated carbocycles. The van der Waals surface area contributed by atoms with E-state index in [1.807, 2.05) is 11.8 Å². The summed E-state index contributed by atoms with van der Waals surface area (Å²) in [7, 11) is 0. The van der Waals surface area contributed by atoms with E-state index >= 15 is 0 Å². The Bertz CT molecular complexity index is 515. The van der Waals surface area contributed by atoms with Crippen LogP contribution in [0, 0.1) is 6.92 Å². The third kappa shape index (κ3) is 3.16. The lowest BCUT2D eigenvalue weighted by atomic mass is 10.1. The lowest BCUT2D eigenvalue weighted by Gasteiger charge is -2.08. The summed E-state index contributed by atoms with van der Waals surface area (Å²) in [5.41, 5.74) is 2.78. The van der Waals surface area contributed by atoms with E-state index in [1.54, 1.807) is 11.3 Å². The van der Waals surface area contributed by atoms with Crippen molar-refractivity contribution in [1.82, 2.24) is 5.32 Å². The van der Waals surface area contributed by atoms with Crippen molar-refractivity contribution >= 4 is 23.1 Å². The average molecular weight is 275 g/mol. The molecule has 1 N–H and O–H groups in total. The molecule has 0 aliphatic heterocycles. The highest BCUT2D eigenvalue weighted by Gasteiger charge is 2.19. The second-order valence-corrected chi connectivity index (χ2v) is 7.08. The first-order valence-electron chi connectivity index (χ1n) is 6.35. The smallest absolute Gasteiger partial charge is 0.0646 e. The lowest BCUT2D eigenvalue weighted by Crippen LogP contribution is -2.15. The van der Waals surface area contributed by atoms with Gasteiger partial charge in [-0.3, -0.25) is 0 Å². The molecule has 0 atom stereocenters. The molecule has 2 aromatic rings. The highest BCUT2D eigenvalue weighted by Crippen LogP contribution is 2.33. The Morgan fingerprint density at radius 3 is 2.89 bits per heavy atom. The van der Waals surface area contributed by atoms with Gasteiger partial charge in [0.2, 0.25) is 0 Å². The minimum atomic E-state index is 0.783. The molecule has 0 bridgehead atoms. The highest BCUT2D eigenvalue weighted by molar-refractivity contribution is 8.01. The molecular formula is C15H17NS2. The SMILES string of the molecule is Cc1cc(CNC2CC2)ccc1Sc1cccs1. The molecule has 1 aliphatic rings. The van der Waals surface area contributed by atoms with Crippen molar-refractivity contribution in [2.75, 3.05) is 0 Å². The summed E-state index contributed by atoms with van der Waals surface area (Å²) < 4.78 is 1.36. The Balaban J connectivity index is 1.67. The van der Waals surface area contributed by atoms with Crippen molar-refractivity contribution in [2.24, 2.45) is 0 Å². The van der Waals surface area contributed by atoms with Crippen LogP contribution in [0.4, 0.5) is 0 Å². The summed E-state index contributed by atoms with van der Waals surface area (Å²) in [6.45, 7) is 3.21. The molecule has 0 amide bonds. The van der Waals surface area contributed by atoms with E-state index in [1.165, 1.54) is 33.1 Å². The molecule has 94 valence electrons. The Morgan fingerprint density at radius 2 is 2.22 bits per heavy atom. The normalized spacial score (nSPS) is 14.9. The second kappa shape index (κ2) is 5.47. The Hall–Kier alpha value is -0.770. The van der Waals surface area contributed by atoms with Crippen LogP contribution in [0.15, 0.2) is 44.8 Å². The first-order chi connectivity index (χ1) is 8.81. The van der Waals surface area contributed by atoms with Gasteiger partial charge >= 0.3 is 0 Å². The minimum Gasteiger partial charge on any atom is -0.310 e. The monoisotopic (exact) mass is 275 g/mol. The largest absolute Gasteiger partial charge is 0.310 e. The molecule has 1 aromatic carbocycles. The van der Waals surface area contributed by atoms with E-state index in [0.29, 0.717) is 0 Å². The van der Waals surface area contributed by atoms with Gasteiger partial charge in [-0.25, -0.2) is 0 Å². The average Bonchev–Trinajstić information content (AvgIpc) is 3.06. The number of aryl methyl sites for hydroxylation is 1. The molecule has 0 spiro atoms. The van der Waals surface area contributed by atoms with Gasteiger partial charge < -0.3 is 5.32 Å². The molecule has 3 heteroatoms. The van der Waals surface area contributed by atoms with Gasteiger partial charge in [-0.05, 0) is 48.4 Å². The fourth-order valence-electron chi connectivity index (χ4n) is 1.92. The quantitative estimate of drug-likeness (QED) is 0.864. The van der Waals surface area contributed by atoms with Gasteiger partial charge in [0.05, 0.1) is 4.21 Å². The van der Waals surface area contributed by atoms with Crippen molar-refractivity contribution in [2.45, 2.75) is 41.5 Å². The predicted molar refractivity (Wildman–Crippen MR) is 79.5 cm³/mol. The van der Waals surface area contributed by atoms with E-state index in [9.17, 15) is 0 Å². The van der Waals surface area contributed by atoms with Crippen LogP contribution in [0.2, 0.25) is 0 Å². The topological polar surface area (TPSA) is 12.0 Å². The molecule has 0 radical (unpaired) electrons. The third-order valence-corrected chi connectivity index (χ3v) is 5.33. The number of benzene rings is 1. The maximum Gasteiger partial charge on any atom is 0.0646 e. The van der Waals surface area contributed by atoms with Crippen LogP contribution >= 0.6 is 23.1 Å². The van der Waals surface area contributed by atoms with E-state index in [0.717, 1.165) is 12.6 Å². The predicted octanol–water partition coefficient (Wildman–Crippen LogP) is 4.46. The van der Waals surface area contributed by atoms with Crippen molar-refractivity contribution < 1.29 is 0 Å². The molecule has 18 heavy (non-hydrogen) atoms. The number of thiophene rings is 1. The zero-order valence-electron chi connectivity index (χ0n) is 10.5. The molecule has 1 heterocycles. The fourth-order valence-corrected chi connectivity index (χ4v) is 3.71. The maximum atomic E-state index is 3.56. The molecular weight excluding hydrogens is 258 g/mol. The van der Waals surface area contributed by atoms with Crippen molar-refractivity contribution in [3.63, 3.8) is 0 Å². The summed E-state index contributed by atoms with van der Waals surface area (Å²) in [6, 6.07) is 11.9. The zero-order valence-corrected chi connectivity index (χ0v) is 12.1. The van der Waals surface area contributed by atoms with Crippen LogP contribution in [0.1, 0.15) is 24.0 Å². The van der Waals surface area contributed by atoms with Crippen LogP contribution in [-0.4, -0.2) is 6.04 Å². The number of rotatable bonds is 5. The van der Waals surface area contributed by atoms with Crippen molar-refractivity contribution in [1.29, 1.82) is 0 Å². The summed E-state index contributed by atoms with van der Waals surface area (Å²) in [4.78, 5) is 1.37. The Labute approximate surface area is 117 Å². The molecule has 1 aromatic heterocycles. The maximum absolute atomic E-state index is 3.56. The summed E-state index contributed by atoms with van der Waals surface area (Å²) >= 11 is 3.67. The van der Waals surface area contributed by atoms with Crippen LogP contribution in [0.25, 0.3) is 0 Å². The number of hydrogen-bond donors (Lipinski definition) is 1. The summed E-state index contributed by atoms with van der Waals surface area (Å²) in [5, 5.41) is 5.69.